The van der Waals surface area contributed by atoms with E-state index < -0.39 is 0 Å². The fourth-order valence-corrected chi connectivity index (χ4v) is 4.55. The Morgan fingerprint density at radius 3 is 2.58 bits per heavy atom. The number of likely N-dealkylation sites (N-methyl/N-ethyl adjacent to an activating group) is 1. The van der Waals surface area contributed by atoms with E-state index in [-0.39, 0.29) is 30.9 Å². The first-order valence-electron chi connectivity index (χ1n) is 13.5. The third kappa shape index (κ3) is 7.16. The summed E-state index contributed by atoms with van der Waals surface area (Å²) in [5.41, 5.74) is 4.85. The lowest BCUT2D eigenvalue weighted by Gasteiger charge is -2.31. The van der Waals surface area contributed by atoms with Gasteiger partial charge < -0.3 is 24.8 Å². The van der Waals surface area contributed by atoms with Crippen molar-refractivity contribution in [3.05, 3.63) is 59.0 Å². The number of carbonyl (C=O) groups excluding carboxylic acids is 2. The summed E-state index contributed by atoms with van der Waals surface area (Å²) in [5, 5.41) is 14.2. The second-order valence-corrected chi connectivity index (χ2v) is 10.3. The van der Waals surface area contributed by atoms with Gasteiger partial charge in [0, 0.05) is 57.4 Å². The molecule has 0 saturated carbocycles. The highest BCUT2D eigenvalue weighted by Gasteiger charge is 2.27. The van der Waals surface area contributed by atoms with Gasteiger partial charge in [-0.05, 0) is 41.8 Å². The normalized spacial score (nSPS) is 12.9. The van der Waals surface area contributed by atoms with Crippen molar-refractivity contribution >= 4 is 17.5 Å². The molecule has 0 unspecified atom stereocenters. The maximum Gasteiger partial charge on any atom is 0.256 e. The molecule has 0 fully saturated rings. The predicted octanol–water partition coefficient (Wildman–Crippen LogP) is 2.99. The highest BCUT2D eigenvalue weighted by Crippen LogP contribution is 2.27. The lowest BCUT2D eigenvalue weighted by Crippen LogP contribution is -2.49. The molecule has 11 heteroatoms. The van der Waals surface area contributed by atoms with Crippen molar-refractivity contribution in [1.29, 1.82) is 0 Å². The van der Waals surface area contributed by atoms with Gasteiger partial charge in [-0.2, -0.15) is 4.98 Å². The number of hydrogen-bond donors (Lipinski definition) is 2. The van der Waals surface area contributed by atoms with E-state index in [1.165, 1.54) is 0 Å². The Labute approximate surface area is 235 Å². The van der Waals surface area contributed by atoms with E-state index in [0.717, 1.165) is 33.7 Å². The van der Waals surface area contributed by atoms with Crippen molar-refractivity contribution in [3.63, 3.8) is 0 Å². The number of amides is 2. The van der Waals surface area contributed by atoms with Gasteiger partial charge in [0.15, 0.2) is 0 Å². The van der Waals surface area contributed by atoms with E-state index in [2.05, 4.69) is 20.8 Å². The molecule has 1 aliphatic rings. The van der Waals surface area contributed by atoms with Crippen LogP contribution in [0.5, 0.6) is 5.75 Å². The third-order valence-corrected chi connectivity index (χ3v) is 6.97. The van der Waals surface area contributed by atoms with Crippen LogP contribution in [0.3, 0.4) is 0 Å². The van der Waals surface area contributed by atoms with Crippen molar-refractivity contribution in [3.8, 4) is 17.1 Å². The minimum absolute atomic E-state index is 0.0197. The Morgan fingerprint density at radius 2 is 1.88 bits per heavy atom. The van der Waals surface area contributed by atoms with Gasteiger partial charge in [-0.25, -0.2) is 5.01 Å². The smallest absolute Gasteiger partial charge is 0.256 e. The highest BCUT2D eigenvalue weighted by molar-refractivity contribution is 5.87. The van der Waals surface area contributed by atoms with Crippen molar-refractivity contribution in [2.45, 2.75) is 46.8 Å². The van der Waals surface area contributed by atoms with Gasteiger partial charge in [0.25, 0.3) is 5.91 Å². The second-order valence-electron chi connectivity index (χ2n) is 10.3. The number of ether oxygens (including phenoxy) is 1. The SMILES string of the molecule is COc1ccc2c(c1)CN(N(C)C(=O)CN(CCNC(C)C)C(=O)CNc1cc(-c3noc(C)n3)ccc1C)C2. The number of aryl methyl sites for hydroxylation is 2. The summed E-state index contributed by atoms with van der Waals surface area (Å²) in [6, 6.07) is 12.0. The summed E-state index contributed by atoms with van der Waals surface area (Å²) < 4.78 is 10.4. The van der Waals surface area contributed by atoms with Gasteiger partial charge in [0.1, 0.15) is 12.3 Å². The number of nitrogens with zero attached hydrogens (tertiary/aromatic N) is 5. The number of hydrogen-bond acceptors (Lipinski definition) is 9. The zero-order valence-corrected chi connectivity index (χ0v) is 24.2. The Kier molecular flexibility index (Phi) is 9.38. The largest absolute Gasteiger partial charge is 0.497 e. The minimum Gasteiger partial charge on any atom is -0.497 e. The molecule has 3 aromatic rings. The number of aromatic nitrogens is 2. The maximum absolute atomic E-state index is 13.4. The Hall–Kier alpha value is -3.96. The molecule has 2 aromatic carbocycles. The number of fused-ring (bicyclic) bond motifs is 1. The average molecular weight is 550 g/mol. The monoisotopic (exact) mass is 549 g/mol. The van der Waals surface area contributed by atoms with Gasteiger partial charge in [0.2, 0.25) is 17.6 Å². The molecule has 0 saturated heterocycles. The van der Waals surface area contributed by atoms with Crippen LogP contribution in [-0.2, 0) is 22.7 Å². The molecular formula is C29H39N7O4. The summed E-state index contributed by atoms with van der Waals surface area (Å²) >= 11 is 0. The summed E-state index contributed by atoms with van der Waals surface area (Å²) in [4.78, 5) is 32.6. The topological polar surface area (TPSA) is 116 Å². The zero-order chi connectivity index (χ0) is 28.8. The molecule has 4 rings (SSSR count). The number of rotatable bonds is 12. The number of methoxy groups -OCH3 is 1. The molecule has 2 heterocycles. The van der Waals surface area contributed by atoms with Crippen molar-refractivity contribution in [2.24, 2.45) is 0 Å². The molecule has 0 spiro atoms. The Bertz CT molecular complexity index is 1340. The molecule has 2 amide bonds. The van der Waals surface area contributed by atoms with Crippen LogP contribution in [-0.4, -0.2) is 83.3 Å². The molecular weight excluding hydrogens is 510 g/mol. The summed E-state index contributed by atoms with van der Waals surface area (Å²) in [6.45, 7) is 10.1. The highest BCUT2D eigenvalue weighted by atomic mass is 16.5. The quantitative estimate of drug-likeness (QED) is 0.352. The molecule has 1 aromatic heterocycles. The van der Waals surface area contributed by atoms with Crippen LogP contribution in [0.25, 0.3) is 11.4 Å². The van der Waals surface area contributed by atoms with Crippen LogP contribution < -0.4 is 15.4 Å². The van der Waals surface area contributed by atoms with E-state index >= 15 is 0 Å². The standard InChI is InChI=1S/C29H39N7O4/c1-19(2)30-11-12-35(18-28(38)34(5)36-16-23-9-10-25(39-6)13-24(23)17-36)27(37)15-31-26-14-22(8-7-20(26)3)29-32-21(4)40-33-29/h7-10,13-14,19,30-31H,11-12,15-18H2,1-6H3. The van der Waals surface area contributed by atoms with E-state index in [1.807, 2.05) is 62.2 Å². The van der Waals surface area contributed by atoms with Gasteiger partial charge in [-0.3, -0.25) is 14.6 Å². The number of carbonyl (C=O) groups is 2. The van der Waals surface area contributed by atoms with E-state index in [9.17, 15) is 9.59 Å². The van der Waals surface area contributed by atoms with E-state index in [4.69, 9.17) is 9.26 Å². The van der Waals surface area contributed by atoms with Gasteiger partial charge in [0.05, 0.1) is 13.7 Å². The van der Waals surface area contributed by atoms with E-state index in [1.54, 1.807) is 31.0 Å². The third-order valence-electron chi connectivity index (χ3n) is 6.97. The summed E-state index contributed by atoms with van der Waals surface area (Å²) in [6.07, 6.45) is 0. The number of anilines is 1. The molecule has 1 aliphatic heterocycles. The first kappa shape index (κ1) is 29.0. The van der Waals surface area contributed by atoms with Gasteiger partial charge >= 0.3 is 0 Å². The van der Waals surface area contributed by atoms with Crippen molar-refractivity contribution in [2.75, 3.05) is 45.7 Å². The van der Waals surface area contributed by atoms with Crippen molar-refractivity contribution in [1.82, 2.24) is 30.4 Å². The van der Waals surface area contributed by atoms with E-state index in [0.29, 0.717) is 37.9 Å². The van der Waals surface area contributed by atoms with Crippen LogP contribution in [0.4, 0.5) is 5.69 Å². The molecule has 0 aliphatic carbocycles. The molecule has 0 bridgehead atoms. The van der Waals surface area contributed by atoms with Crippen LogP contribution in [0.15, 0.2) is 40.9 Å². The maximum atomic E-state index is 13.4. The summed E-state index contributed by atoms with van der Waals surface area (Å²) in [7, 11) is 3.40. The lowest BCUT2D eigenvalue weighted by atomic mass is 10.1. The molecule has 40 heavy (non-hydrogen) atoms. The summed E-state index contributed by atoms with van der Waals surface area (Å²) in [5.74, 6) is 1.46. The van der Waals surface area contributed by atoms with Gasteiger partial charge in [-0.1, -0.05) is 37.2 Å². The Morgan fingerprint density at radius 1 is 1.10 bits per heavy atom. The molecule has 214 valence electrons. The minimum atomic E-state index is -0.165. The fraction of sp³-hybridized carbons (Fsp3) is 0.448. The van der Waals surface area contributed by atoms with Crippen LogP contribution in [0.1, 0.15) is 36.4 Å². The first-order chi connectivity index (χ1) is 19.1. The molecule has 0 atom stereocenters. The average Bonchev–Trinajstić information content (AvgIpc) is 3.56. The first-order valence-corrected chi connectivity index (χ1v) is 13.5. The van der Waals surface area contributed by atoms with Crippen LogP contribution in [0.2, 0.25) is 0 Å². The Balaban J connectivity index is 1.40. The van der Waals surface area contributed by atoms with Crippen molar-refractivity contribution < 1.29 is 18.8 Å². The molecule has 0 radical (unpaired) electrons. The molecule has 2 N–H and O–H groups in total. The van der Waals surface area contributed by atoms with Crippen LogP contribution in [0, 0.1) is 13.8 Å². The zero-order valence-electron chi connectivity index (χ0n) is 24.2. The number of hydrazine groups is 1. The van der Waals surface area contributed by atoms with Gasteiger partial charge in [-0.15, -0.1) is 0 Å². The fourth-order valence-electron chi connectivity index (χ4n) is 4.55. The lowest BCUT2D eigenvalue weighted by molar-refractivity contribution is -0.151. The van der Waals surface area contributed by atoms with Crippen LogP contribution >= 0.6 is 0 Å². The predicted molar refractivity (Wildman–Crippen MR) is 152 cm³/mol. The number of nitrogens with one attached hydrogen (secondary N) is 2. The molecule has 11 nitrogen and oxygen atoms in total. The number of benzene rings is 2. The second kappa shape index (κ2) is 12.9.